The van der Waals surface area contributed by atoms with Crippen molar-refractivity contribution in [1.29, 1.82) is 0 Å². The molecule has 1 amide bonds. The third-order valence-corrected chi connectivity index (χ3v) is 10.3. The van der Waals surface area contributed by atoms with Crippen molar-refractivity contribution in [2.45, 2.75) is 77.0 Å². The number of cyclic esters (lactones) is 1. The zero-order valence-electron chi connectivity index (χ0n) is 27.9. The average molecular weight is 731 g/mol. The summed E-state index contributed by atoms with van der Waals surface area (Å²) in [5.41, 5.74) is -2.91. The first-order chi connectivity index (χ1) is 23.7. The number of aryl methyl sites for hydroxylation is 1. The first-order valence-corrected chi connectivity index (χ1v) is 16.3. The first kappa shape index (κ1) is 36.5. The Bertz CT molecular complexity index is 1750. The van der Waals surface area contributed by atoms with Crippen LogP contribution in [0.1, 0.15) is 72.9 Å². The number of rotatable bonds is 7. The SMILES string of the molecule is COC(=O)C1CC(C2C=C(c3c(C)nc(N4CC(F)(F)C4)nc3CN3C(=O)OC(c4cc(C(F)(F)F)cc(C(F)(F)F)c4)C3C)C(=O)CC2C)C1. The van der Waals surface area contributed by atoms with Crippen molar-refractivity contribution < 1.29 is 59.0 Å². The fourth-order valence-electron chi connectivity index (χ4n) is 7.49. The molecule has 1 saturated carbocycles. The number of anilines is 1. The van der Waals surface area contributed by atoms with E-state index in [1.165, 1.54) is 18.9 Å². The number of halogens is 8. The lowest BCUT2D eigenvalue weighted by molar-refractivity contribution is -0.151. The number of esters is 1. The highest BCUT2D eigenvalue weighted by atomic mass is 19.4. The lowest BCUT2D eigenvalue weighted by Gasteiger charge is -2.42. The van der Waals surface area contributed by atoms with Crippen molar-refractivity contribution in [1.82, 2.24) is 14.9 Å². The summed E-state index contributed by atoms with van der Waals surface area (Å²) in [7, 11) is 1.31. The van der Waals surface area contributed by atoms with Crippen molar-refractivity contribution >= 4 is 29.4 Å². The minimum atomic E-state index is -5.13. The van der Waals surface area contributed by atoms with Crippen LogP contribution in [0.2, 0.25) is 0 Å². The molecule has 1 aromatic heterocycles. The van der Waals surface area contributed by atoms with E-state index < -0.39 is 72.8 Å². The van der Waals surface area contributed by atoms with E-state index in [9.17, 15) is 49.5 Å². The Hall–Kier alpha value is -4.31. The molecule has 3 heterocycles. The summed E-state index contributed by atoms with van der Waals surface area (Å²) in [6, 6.07) is -0.167. The first-order valence-electron chi connectivity index (χ1n) is 16.3. The molecular weight excluding hydrogens is 696 g/mol. The summed E-state index contributed by atoms with van der Waals surface area (Å²) in [6.45, 7) is 3.04. The van der Waals surface area contributed by atoms with Crippen LogP contribution in [0.3, 0.4) is 0 Å². The predicted octanol–water partition coefficient (Wildman–Crippen LogP) is 7.17. The van der Waals surface area contributed by atoms with E-state index in [-0.39, 0.29) is 76.4 Å². The lowest BCUT2D eigenvalue weighted by atomic mass is 9.62. The predicted molar refractivity (Wildman–Crippen MR) is 163 cm³/mol. The molecule has 6 rings (SSSR count). The number of hydrogen-bond donors (Lipinski definition) is 0. The molecule has 0 radical (unpaired) electrons. The minimum Gasteiger partial charge on any atom is -0.469 e. The molecule has 4 atom stereocenters. The van der Waals surface area contributed by atoms with Gasteiger partial charge in [0, 0.05) is 17.6 Å². The summed E-state index contributed by atoms with van der Waals surface area (Å²) < 4.78 is 120. The van der Waals surface area contributed by atoms with Gasteiger partial charge in [-0.2, -0.15) is 26.3 Å². The summed E-state index contributed by atoms with van der Waals surface area (Å²) >= 11 is 0. The number of Topliss-reactive ketones (excluding diaryl/α,β-unsaturated/α-hetero) is 1. The highest BCUT2D eigenvalue weighted by molar-refractivity contribution is 6.22. The largest absolute Gasteiger partial charge is 0.469 e. The van der Waals surface area contributed by atoms with Crippen LogP contribution < -0.4 is 4.90 Å². The maximum atomic E-state index is 13.8. The van der Waals surface area contributed by atoms with Crippen LogP contribution in [0.25, 0.3) is 5.57 Å². The molecule has 0 spiro atoms. The Morgan fingerprint density at radius 2 is 1.61 bits per heavy atom. The van der Waals surface area contributed by atoms with E-state index in [0.717, 1.165) is 4.90 Å². The number of allylic oxidation sites excluding steroid dienone is 2. The lowest BCUT2D eigenvalue weighted by Crippen LogP contribution is -2.57. The Kier molecular flexibility index (Phi) is 9.10. The zero-order valence-corrected chi connectivity index (χ0v) is 27.9. The molecule has 0 N–H and O–H groups in total. The Balaban J connectivity index is 1.37. The molecule has 1 aromatic carbocycles. The van der Waals surface area contributed by atoms with E-state index >= 15 is 0 Å². The Morgan fingerprint density at radius 3 is 2.16 bits per heavy atom. The molecule has 4 aliphatic rings. The Morgan fingerprint density at radius 1 is 1.00 bits per heavy atom. The molecule has 276 valence electrons. The van der Waals surface area contributed by atoms with Crippen molar-refractivity contribution in [2.24, 2.45) is 23.7 Å². The van der Waals surface area contributed by atoms with Crippen LogP contribution >= 0.6 is 0 Å². The third-order valence-electron chi connectivity index (χ3n) is 10.3. The van der Waals surface area contributed by atoms with E-state index in [1.807, 2.05) is 6.92 Å². The monoisotopic (exact) mass is 730 g/mol. The van der Waals surface area contributed by atoms with Gasteiger partial charge >= 0.3 is 24.4 Å². The smallest absolute Gasteiger partial charge is 0.416 e. The second-order valence-electron chi connectivity index (χ2n) is 13.9. The number of hydrogen-bond acceptors (Lipinski definition) is 8. The van der Waals surface area contributed by atoms with Gasteiger partial charge in [0.05, 0.1) is 61.2 Å². The van der Waals surface area contributed by atoms with E-state index in [1.54, 1.807) is 13.0 Å². The van der Waals surface area contributed by atoms with Gasteiger partial charge in [-0.3, -0.25) is 14.5 Å². The molecule has 51 heavy (non-hydrogen) atoms. The number of amides is 1. The van der Waals surface area contributed by atoms with E-state index in [4.69, 9.17) is 9.47 Å². The van der Waals surface area contributed by atoms with Crippen LogP contribution in [0.4, 0.5) is 45.9 Å². The molecule has 3 fully saturated rings. The molecule has 2 aliphatic carbocycles. The minimum absolute atomic E-state index is 0.0261. The maximum Gasteiger partial charge on any atom is 0.416 e. The topological polar surface area (TPSA) is 102 Å². The number of benzene rings is 1. The van der Waals surface area contributed by atoms with Crippen LogP contribution in [-0.2, 0) is 38.0 Å². The van der Waals surface area contributed by atoms with Gasteiger partial charge in [-0.1, -0.05) is 13.0 Å². The summed E-state index contributed by atoms with van der Waals surface area (Å²) in [4.78, 5) is 50.1. The molecule has 9 nitrogen and oxygen atoms in total. The van der Waals surface area contributed by atoms with Gasteiger partial charge in [0.15, 0.2) is 5.78 Å². The van der Waals surface area contributed by atoms with Crippen LogP contribution in [0, 0.1) is 30.6 Å². The second kappa shape index (κ2) is 12.7. The maximum absolute atomic E-state index is 13.8. The highest BCUT2D eigenvalue weighted by Crippen LogP contribution is 2.48. The number of carbonyl (C=O) groups is 3. The summed E-state index contributed by atoms with van der Waals surface area (Å²) in [5.74, 6) is -4.11. The second-order valence-corrected chi connectivity index (χ2v) is 13.9. The summed E-state index contributed by atoms with van der Waals surface area (Å²) in [5, 5.41) is 0. The number of carbonyl (C=O) groups excluding carboxylic acids is 3. The fraction of sp³-hybridized carbons (Fsp3) is 0.559. The van der Waals surface area contributed by atoms with Crippen LogP contribution in [-0.4, -0.2) is 64.9 Å². The number of aromatic nitrogens is 2. The van der Waals surface area contributed by atoms with Crippen molar-refractivity contribution in [2.75, 3.05) is 25.1 Å². The van der Waals surface area contributed by atoms with E-state index in [0.29, 0.717) is 25.0 Å². The van der Waals surface area contributed by atoms with Gasteiger partial charge in [-0.25, -0.2) is 23.5 Å². The normalized spacial score (nSPS) is 27.8. The van der Waals surface area contributed by atoms with Gasteiger partial charge in [0.25, 0.3) is 5.92 Å². The molecule has 2 saturated heterocycles. The number of ketones is 1. The Labute approximate surface area is 287 Å². The third kappa shape index (κ3) is 6.99. The van der Waals surface area contributed by atoms with Crippen molar-refractivity contribution in [3.8, 4) is 0 Å². The molecule has 2 aliphatic heterocycles. The van der Waals surface area contributed by atoms with Crippen LogP contribution in [0.15, 0.2) is 24.3 Å². The molecule has 17 heteroatoms. The molecule has 4 unspecified atom stereocenters. The van der Waals surface area contributed by atoms with Gasteiger partial charge in [-0.15, -0.1) is 0 Å². The van der Waals surface area contributed by atoms with Crippen molar-refractivity contribution in [3.05, 3.63) is 57.9 Å². The number of nitrogens with zero attached hydrogens (tertiary/aromatic N) is 4. The van der Waals surface area contributed by atoms with Gasteiger partial charge < -0.3 is 14.4 Å². The zero-order chi connectivity index (χ0) is 37.4. The van der Waals surface area contributed by atoms with Gasteiger partial charge in [0.2, 0.25) is 5.95 Å². The standard InChI is InChI=1S/C34H34F8N4O5/c1-15-5-26(47)24(11-23(15)18-6-20(7-18)29(48)50-4)27-16(2)43-30(45-13-32(35,36)14-45)44-25(27)12-46-17(3)28(51-31(46)49)19-8-21(33(37,38)39)10-22(9-19)34(40,41)42/h8-11,15,17-18,20,23,28H,5-7,12-14H2,1-4H3. The van der Waals surface area contributed by atoms with Gasteiger partial charge in [0.1, 0.15) is 6.10 Å². The van der Waals surface area contributed by atoms with Crippen LogP contribution in [0.5, 0.6) is 0 Å². The van der Waals surface area contributed by atoms with Crippen molar-refractivity contribution in [3.63, 3.8) is 0 Å². The number of methoxy groups -OCH3 is 1. The number of ether oxygens (including phenoxy) is 2. The quantitative estimate of drug-likeness (QED) is 0.219. The molecule has 0 bridgehead atoms. The molecular formula is C34H34F8N4O5. The average Bonchev–Trinajstić information content (AvgIpc) is 3.27. The summed E-state index contributed by atoms with van der Waals surface area (Å²) in [6.07, 6.45) is -9.86. The van der Waals surface area contributed by atoms with Gasteiger partial charge in [-0.05, 0) is 68.2 Å². The van der Waals surface area contributed by atoms with E-state index in [2.05, 4.69) is 9.97 Å². The fourth-order valence-corrected chi connectivity index (χ4v) is 7.49. The highest BCUT2D eigenvalue weighted by Gasteiger charge is 2.48. The molecule has 2 aromatic rings. The number of alkyl halides is 8.